The number of nitrogens with zero attached hydrogens (tertiary/aromatic N) is 2. The molecule has 1 saturated heterocycles. The van der Waals surface area contributed by atoms with Crippen molar-refractivity contribution in [1.29, 1.82) is 0 Å². The van der Waals surface area contributed by atoms with Crippen LogP contribution in [0.1, 0.15) is 12.0 Å². The Morgan fingerprint density at radius 3 is 2.68 bits per heavy atom. The number of benzene rings is 2. The number of amidine groups is 1. The summed E-state index contributed by atoms with van der Waals surface area (Å²) in [5, 5.41) is 3.02. The van der Waals surface area contributed by atoms with Gasteiger partial charge in [-0.15, -0.1) is 0 Å². The van der Waals surface area contributed by atoms with Gasteiger partial charge in [-0.25, -0.2) is 4.99 Å². The maximum Gasteiger partial charge on any atom is 0.242 e. The number of aryl methyl sites for hydroxylation is 1. The molecule has 25 heavy (non-hydrogen) atoms. The van der Waals surface area contributed by atoms with Crippen LogP contribution in [0.25, 0.3) is 0 Å². The second-order valence-electron chi connectivity index (χ2n) is 5.86. The summed E-state index contributed by atoms with van der Waals surface area (Å²) in [6.45, 7) is 1.97. The van der Waals surface area contributed by atoms with E-state index in [1.807, 2.05) is 61.5 Å². The van der Waals surface area contributed by atoms with Gasteiger partial charge in [-0.1, -0.05) is 42.1 Å². The molecule has 2 aromatic rings. The molecule has 0 saturated carbocycles. The monoisotopic (exact) mass is 353 g/mol. The van der Waals surface area contributed by atoms with Gasteiger partial charge in [0.15, 0.2) is 5.17 Å². The van der Waals surface area contributed by atoms with Crippen molar-refractivity contribution in [1.82, 2.24) is 4.90 Å². The fraction of sp³-hybridized carbons (Fsp3) is 0.211. The lowest BCUT2D eigenvalue weighted by atomic mass is 10.2. The fourth-order valence-electron chi connectivity index (χ4n) is 2.51. The number of aliphatic imine (C=N–C) groups is 1. The minimum absolute atomic E-state index is 0.0981. The number of rotatable bonds is 4. The highest BCUT2D eigenvalue weighted by Gasteiger charge is 2.36. The van der Waals surface area contributed by atoms with Crippen LogP contribution in [-0.4, -0.2) is 34.2 Å². The molecule has 1 N–H and O–H groups in total. The van der Waals surface area contributed by atoms with Gasteiger partial charge in [-0.05, 0) is 36.8 Å². The summed E-state index contributed by atoms with van der Waals surface area (Å²) in [6.07, 6.45) is 0.121. The number of hydrogen-bond donors (Lipinski definition) is 1. The zero-order valence-corrected chi connectivity index (χ0v) is 14.9. The fourth-order valence-corrected chi connectivity index (χ4v) is 3.67. The van der Waals surface area contributed by atoms with E-state index in [0.29, 0.717) is 5.17 Å². The van der Waals surface area contributed by atoms with E-state index >= 15 is 0 Å². The van der Waals surface area contributed by atoms with Gasteiger partial charge < -0.3 is 5.32 Å². The highest BCUT2D eigenvalue weighted by Crippen LogP contribution is 2.30. The van der Waals surface area contributed by atoms with Crippen LogP contribution >= 0.6 is 11.8 Å². The molecule has 1 aliphatic heterocycles. The van der Waals surface area contributed by atoms with Crippen molar-refractivity contribution < 1.29 is 9.59 Å². The first-order valence-corrected chi connectivity index (χ1v) is 8.85. The molecule has 1 fully saturated rings. The van der Waals surface area contributed by atoms with E-state index in [4.69, 9.17) is 0 Å². The summed E-state index contributed by atoms with van der Waals surface area (Å²) in [5.74, 6) is -0.273. The molecule has 2 aromatic carbocycles. The second kappa shape index (κ2) is 7.53. The van der Waals surface area contributed by atoms with Gasteiger partial charge in [-0.3, -0.25) is 14.5 Å². The maximum atomic E-state index is 12.4. The van der Waals surface area contributed by atoms with Gasteiger partial charge >= 0.3 is 0 Å². The number of nitrogens with one attached hydrogen (secondary N) is 1. The number of para-hydroxylation sites is 1. The molecule has 0 aliphatic carbocycles. The lowest BCUT2D eigenvalue weighted by Crippen LogP contribution is -2.30. The van der Waals surface area contributed by atoms with E-state index in [2.05, 4.69) is 10.3 Å². The van der Waals surface area contributed by atoms with E-state index in [-0.39, 0.29) is 18.2 Å². The van der Waals surface area contributed by atoms with Crippen molar-refractivity contribution in [2.24, 2.45) is 4.99 Å². The average Bonchev–Trinajstić information content (AvgIpc) is 2.84. The number of thioether (sulfide) groups is 1. The Balaban J connectivity index is 1.66. The Kier molecular flexibility index (Phi) is 5.19. The van der Waals surface area contributed by atoms with Gasteiger partial charge in [0, 0.05) is 19.2 Å². The van der Waals surface area contributed by atoms with Gasteiger partial charge in [-0.2, -0.15) is 0 Å². The smallest absolute Gasteiger partial charge is 0.242 e. The van der Waals surface area contributed by atoms with Crippen molar-refractivity contribution in [3.63, 3.8) is 0 Å². The van der Waals surface area contributed by atoms with Gasteiger partial charge in [0.05, 0.1) is 5.69 Å². The first-order chi connectivity index (χ1) is 12.0. The van der Waals surface area contributed by atoms with Crippen molar-refractivity contribution in [3.05, 3.63) is 60.2 Å². The summed E-state index contributed by atoms with van der Waals surface area (Å²) in [6, 6.07) is 17.1. The quantitative estimate of drug-likeness (QED) is 0.914. The molecule has 0 unspecified atom stereocenters. The normalized spacial score (nSPS) is 18.6. The van der Waals surface area contributed by atoms with Gasteiger partial charge in [0.2, 0.25) is 11.8 Å². The SMILES string of the molecule is Cc1cccc(NC(=O)C[C@@H]2SC(=Nc3ccccc3)N(C)C2=O)c1. The standard InChI is InChI=1S/C19H19N3O2S/c1-13-7-6-10-15(11-13)20-17(23)12-16-18(24)22(2)19(25-16)21-14-8-4-3-5-9-14/h3-11,16H,12H2,1-2H3,(H,20,23)/t16-/m0/s1. The van der Waals surface area contributed by atoms with Gasteiger partial charge in [0.1, 0.15) is 5.25 Å². The van der Waals surface area contributed by atoms with Crippen LogP contribution in [0.3, 0.4) is 0 Å². The Morgan fingerprint density at radius 2 is 1.96 bits per heavy atom. The zero-order valence-electron chi connectivity index (χ0n) is 14.1. The molecule has 0 aromatic heterocycles. The lowest BCUT2D eigenvalue weighted by Gasteiger charge is -2.09. The number of carbonyl (C=O) groups is 2. The largest absolute Gasteiger partial charge is 0.326 e. The summed E-state index contributed by atoms with van der Waals surface area (Å²) in [4.78, 5) is 30.7. The molecule has 0 radical (unpaired) electrons. The Hall–Kier alpha value is -2.60. The lowest BCUT2D eigenvalue weighted by molar-refractivity contribution is -0.127. The number of amides is 2. The topological polar surface area (TPSA) is 61.8 Å². The summed E-state index contributed by atoms with van der Waals surface area (Å²) in [7, 11) is 1.69. The Morgan fingerprint density at radius 1 is 1.20 bits per heavy atom. The molecule has 3 rings (SSSR count). The van der Waals surface area contributed by atoms with Crippen LogP contribution in [0.15, 0.2) is 59.6 Å². The molecule has 0 spiro atoms. The predicted octanol–water partition coefficient (Wildman–Crippen LogP) is 3.59. The molecule has 2 amide bonds. The van der Waals surface area contributed by atoms with Crippen LogP contribution in [-0.2, 0) is 9.59 Å². The predicted molar refractivity (Wildman–Crippen MR) is 102 cm³/mol. The highest BCUT2D eigenvalue weighted by atomic mass is 32.2. The van der Waals surface area contributed by atoms with Crippen LogP contribution < -0.4 is 5.32 Å². The van der Waals surface area contributed by atoms with E-state index in [1.165, 1.54) is 16.7 Å². The summed E-state index contributed by atoms with van der Waals surface area (Å²) in [5.41, 5.74) is 2.60. The van der Waals surface area contributed by atoms with Crippen LogP contribution in [0, 0.1) is 6.92 Å². The number of hydrogen-bond acceptors (Lipinski definition) is 4. The molecule has 128 valence electrons. The van der Waals surface area contributed by atoms with Crippen molar-refractivity contribution in [2.45, 2.75) is 18.6 Å². The Bertz CT molecular complexity index is 820. The average molecular weight is 353 g/mol. The molecule has 5 nitrogen and oxygen atoms in total. The minimum atomic E-state index is -0.447. The van der Waals surface area contributed by atoms with Gasteiger partial charge in [0.25, 0.3) is 0 Å². The van der Waals surface area contributed by atoms with Crippen LogP contribution in [0.4, 0.5) is 11.4 Å². The molecule has 1 atom stereocenters. The van der Waals surface area contributed by atoms with E-state index < -0.39 is 5.25 Å². The summed E-state index contributed by atoms with van der Waals surface area (Å²) < 4.78 is 0. The third-order valence-electron chi connectivity index (χ3n) is 3.79. The summed E-state index contributed by atoms with van der Waals surface area (Å²) >= 11 is 1.33. The van der Waals surface area contributed by atoms with Crippen molar-refractivity contribution in [3.8, 4) is 0 Å². The molecule has 1 heterocycles. The molecule has 6 heteroatoms. The third-order valence-corrected chi connectivity index (χ3v) is 5.02. The van der Waals surface area contributed by atoms with E-state index in [1.54, 1.807) is 7.05 Å². The minimum Gasteiger partial charge on any atom is -0.326 e. The van der Waals surface area contributed by atoms with Crippen molar-refractivity contribution >= 4 is 40.1 Å². The first-order valence-electron chi connectivity index (χ1n) is 7.97. The number of carbonyl (C=O) groups excluding carboxylic acids is 2. The Labute approximate surface area is 151 Å². The zero-order chi connectivity index (χ0) is 17.8. The molecule has 0 bridgehead atoms. The maximum absolute atomic E-state index is 12.4. The molecular weight excluding hydrogens is 334 g/mol. The van der Waals surface area contributed by atoms with Crippen molar-refractivity contribution in [2.75, 3.05) is 12.4 Å². The van der Waals surface area contributed by atoms with E-state index in [0.717, 1.165) is 16.9 Å². The van der Waals surface area contributed by atoms with E-state index in [9.17, 15) is 9.59 Å². The number of anilines is 1. The first kappa shape index (κ1) is 17.2. The van der Waals surface area contributed by atoms with Crippen LogP contribution in [0.5, 0.6) is 0 Å². The third kappa shape index (κ3) is 4.28. The second-order valence-corrected chi connectivity index (χ2v) is 7.03. The highest BCUT2D eigenvalue weighted by molar-refractivity contribution is 8.15. The van der Waals surface area contributed by atoms with Crippen LogP contribution in [0.2, 0.25) is 0 Å². The molecular formula is C19H19N3O2S. The molecule has 1 aliphatic rings.